The van der Waals surface area contributed by atoms with Gasteiger partial charge in [-0.05, 0) is 43.0 Å². The molecule has 0 unspecified atom stereocenters. The fourth-order valence-electron chi connectivity index (χ4n) is 6.50. The zero-order chi connectivity index (χ0) is 28.8. The van der Waals surface area contributed by atoms with Crippen LogP contribution < -0.4 is 0 Å². The molecular formula is C29H47N3O4SSi2. The van der Waals surface area contributed by atoms with Crippen molar-refractivity contribution in [2.24, 2.45) is 0 Å². The van der Waals surface area contributed by atoms with Gasteiger partial charge in [0.05, 0.1) is 12.3 Å². The Hall–Kier alpha value is -1.02. The Morgan fingerprint density at radius 1 is 1.03 bits per heavy atom. The molecule has 1 aliphatic carbocycles. The van der Waals surface area contributed by atoms with E-state index < -0.39 is 16.9 Å². The first-order valence-electron chi connectivity index (χ1n) is 14.4. The zero-order valence-corrected chi connectivity index (χ0v) is 28.5. The molecule has 0 saturated carbocycles. The van der Waals surface area contributed by atoms with E-state index in [0.717, 1.165) is 40.9 Å². The second kappa shape index (κ2) is 9.50. The molecule has 0 N–H and O–H groups in total. The largest absolute Gasteiger partial charge is 0.407 e. The van der Waals surface area contributed by atoms with Gasteiger partial charge >= 0.3 is 8.56 Å². The van der Waals surface area contributed by atoms with Crippen LogP contribution >= 0.6 is 12.2 Å². The van der Waals surface area contributed by atoms with E-state index in [2.05, 4.69) is 91.2 Å². The highest BCUT2D eigenvalue weighted by Gasteiger charge is 2.66. The first kappa shape index (κ1) is 29.5. The van der Waals surface area contributed by atoms with Gasteiger partial charge in [0.1, 0.15) is 30.3 Å². The predicted octanol–water partition coefficient (Wildman–Crippen LogP) is 7.23. The van der Waals surface area contributed by atoms with Crippen LogP contribution in [0.15, 0.2) is 12.5 Å². The average molecular weight is 590 g/mol. The van der Waals surface area contributed by atoms with Crippen LogP contribution in [0.4, 0.5) is 0 Å². The number of fused-ring (bicyclic) bond motifs is 1. The van der Waals surface area contributed by atoms with E-state index >= 15 is 0 Å². The summed E-state index contributed by atoms with van der Waals surface area (Å²) in [6.45, 7) is 25.5. The molecule has 39 heavy (non-hydrogen) atoms. The summed E-state index contributed by atoms with van der Waals surface area (Å²) in [5.41, 5.74) is 2.99. The van der Waals surface area contributed by atoms with Crippen molar-refractivity contribution in [2.45, 2.75) is 134 Å². The highest BCUT2D eigenvalue weighted by atomic mass is 32.1. The Bertz CT molecular complexity index is 1260. The molecular weight excluding hydrogens is 543 g/mol. The summed E-state index contributed by atoms with van der Waals surface area (Å²) in [6, 6.07) is 0. The zero-order valence-electron chi connectivity index (χ0n) is 25.7. The van der Waals surface area contributed by atoms with Crippen molar-refractivity contribution in [3.05, 3.63) is 23.8 Å². The van der Waals surface area contributed by atoms with Gasteiger partial charge < -0.3 is 22.6 Å². The van der Waals surface area contributed by atoms with Crippen LogP contribution in [-0.2, 0) is 24.4 Å². The highest BCUT2D eigenvalue weighted by Crippen LogP contribution is 2.57. The van der Waals surface area contributed by atoms with Gasteiger partial charge in [0.2, 0.25) is 0 Å². The van der Waals surface area contributed by atoms with E-state index in [-0.39, 0.29) is 39.7 Å². The SMILES string of the molecule is CC(C)(C)[Si](C)(C)O[C@H]1[C@H]2O[Si](C(C)(C)C)(C(C)(C)C)OC[C@@H]2O[C@@H]1n1cc2c3c(ncnc31)C(=S)CCC2. The van der Waals surface area contributed by atoms with E-state index in [9.17, 15) is 0 Å². The summed E-state index contributed by atoms with van der Waals surface area (Å²) >= 11 is 5.76. The first-order valence-corrected chi connectivity index (χ1v) is 19.5. The third-order valence-corrected chi connectivity index (χ3v) is 19.3. The molecule has 4 heterocycles. The van der Waals surface area contributed by atoms with Crippen LogP contribution in [0.2, 0.25) is 28.2 Å². The monoisotopic (exact) mass is 589 g/mol. The summed E-state index contributed by atoms with van der Waals surface area (Å²) in [7, 11) is -4.93. The Morgan fingerprint density at radius 3 is 2.31 bits per heavy atom. The van der Waals surface area contributed by atoms with Crippen molar-refractivity contribution in [3.63, 3.8) is 0 Å². The van der Waals surface area contributed by atoms with E-state index in [1.54, 1.807) is 6.33 Å². The topological polar surface area (TPSA) is 67.6 Å². The van der Waals surface area contributed by atoms with Crippen LogP contribution in [0.1, 0.15) is 92.6 Å². The standard InChI is InChI=1S/C29H47N3O4SSi2/c1-27(2,3)38(10,11)35-24-23-19(16-33-39(36-23,28(4,5)6)29(7,8)9)34-26(24)32-15-18-13-12-14-20(37)22-21(18)25(32)31-17-30-22/h15,17,19,23-24,26H,12-14,16H2,1-11H3/t19-,23-,24-,26-/m0/s1. The van der Waals surface area contributed by atoms with Gasteiger partial charge in [-0.2, -0.15) is 0 Å². The molecule has 0 bridgehead atoms. The number of rotatable bonds is 3. The van der Waals surface area contributed by atoms with Crippen LogP contribution in [0, 0.1) is 0 Å². The summed E-state index contributed by atoms with van der Waals surface area (Å²) in [4.78, 5) is 10.3. The van der Waals surface area contributed by atoms with Gasteiger partial charge in [0.25, 0.3) is 0 Å². The lowest BCUT2D eigenvalue weighted by molar-refractivity contribution is -0.0794. The maximum absolute atomic E-state index is 7.29. The van der Waals surface area contributed by atoms with Gasteiger partial charge in [0, 0.05) is 26.5 Å². The third kappa shape index (κ3) is 4.71. The second-order valence-corrected chi connectivity index (χ2v) is 25.2. The predicted molar refractivity (Wildman–Crippen MR) is 164 cm³/mol. The number of hydrogen-bond donors (Lipinski definition) is 0. The molecule has 10 heteroatoms. The minimum absolute atomic E-state index is 0.0374. The van der Waals surface area contributed by atoms with Crippen LogP contribution in [0.3, 0.4) is 0 Å². The lowest BCUT2D eigenvalue weighted by atomic mass is 10.1. The van der Waals surface area contributed by atoms with Gasteiger partial charge in [0.15, 0.2) is 14.5 Å². The van der Waals surface area contributed by atoms with Crippen LogP contribution in [0.5, 0.6) is 0 Å². The molecule has 0 spiro atoms. The maximum atomic E-state index is 7.29. The first-order chi connectivity index (χ1) is 17.9. The average Bonchev–Trinajstić information content (AvgIpc) is 3.28. The van der Waals surface area contributed by atoms with Gasteiger partial charge in [-0.1, -0.05) is 74.5 Å². The fourth-order valence-corrected chi connectivity index (χ4v) is 13.0. The molecule has 0 amide bonds. The minimum Gasteiger partial charge on any atom is -0.407 e. The van der Waals surface area contributed by atoms with Crippen molar-refractivity contribution in [2.75, 3.05) is 6.61 Å². The van der Waals surface area contributed by atoms with Gasteiger partial charge in [-0.25, -0.2) is 9.97 Å². The number of hydrogen-bond acceptors (Lipinski definition) is 7. The molecule has 4 atom stereocenters. The second-order valence-electron chi connectivity index (χ2n) is 15.2. The summed E-state index contributed by atoms with van der Waals surface area (Å²) in [6.07, 6.45) is 5.58. The molecule has 0 aromatic carbocycles. The molecule has 216 valence electrons. The Morgan fingerprint density at radius 2 is 1.69 bits per heavy atom. The molecule has 3 aliphatic rings. The van der Waals surface area contributed by atoms with Crippen molar-refractivity contribution in [1.29, 1.82) is 0 Å². The Balaban J connectivity index is 1.64. The quantitative estimate of drug-likeness (QED) is 0.276. The minimum atomic E-state index is -2.73. The maximum Gasteiger partial charge on any atom is 0.349 e. The highest BCUT2D eigenvalue weighted by molar-refractivity contribution is 7.80. The van der Waals surface area contributed by atoms with Gasteiger partial charge in [-0.3, -0.25) is 0 Å². The molecule has 7 nitrogen and oxygen atoms in total. The molecule has 2 aromatic rings. The van der Waals surface area contributed by atoms with Crippen molar-refractivity contribution < 1.29 is 18.0 Å². The number of aryl methyl sites for hydroxylation is 1. The van der Waals surface area contributed by atoms with E-state index in [0.29, 0.717) is 6.61 Å². The van der Waals surface area contributed by atoms with Crippen molar-refractivity contribution in [1.82, 2.24) is 14.5 Å². The van der Waals surface area contributed by atoms with Crippen LogP contribution in [-0.4, -0.2) is 61.2 Å². The Kier molecular flexibility index (Phi) is 7.18. The lowest BCUT2D eigenvalue weighted by Gasteiger charge is -2.54. The third-order valence-electron chi connectivity index (χ3n) is 9.33. The molecule has 2 fully saturated rings. The van der Waals surface area contributed by atoms with Crippen molar-refractivity contribution in [3.8, 4) is 0 Å². The smallest absolute Gasteiger partial charge is 0.349 e. The summed E-state index contributed by atoms with van der Waals surface area (Å²) in [5.74, 6) is 0. The number of ether oxygens (including phenoxy) is 1. The molecule has 0 radical (unpaired) electrons. The Labute approximate surface area is 241 Å². The van der Waals surface area contributed by atoms with E-state index in [4.69, 9.17) is 35.2 Å². The molecule has 2 aliphatic heterocycles. The number of aromatic nitrogens is 3. The fraction of sp³-hybridized carbons (Fsp3) is 0.759. The summed E-state index contributed by atoms with van der Waals surface area (Å²) < 4.78 is 30.4. The molecule has 2 aromatic heterocycles. The lowest BCUT2D eigenvalue weighted by Crippen LogP contribution is -2.66. The van der Waals surface area contributed by atoms with E-state index in [1.165, 1.54) is 5.56 Å². The molecule has 2 saturated heterocycles. The normalized spacial score (nSPS) is 28.0. The van der Waals surface area contributed by atoms with Gasteiger partial charge in [-0.15, -0.1) is 0 Å². The van der Waals surface area contributed by atoms with Crippen LogP contribution in [0.25, 0.3) is 11.0 Å². The van der Waals surface area contributed by atoms with E-state index in [1.807, 2.05) is 0 Å². The molecule has 5 rings (SSSR count). The van der Waals surface area contributed by atoms with Crippen molar-refractivity contribution >= 4 is 45.0 Å². The number of thiocarbonyl (C=S) groups is 1. The summed E-state index contributed by atoms with van der Waals surface area (Å²) in [5, 5.41) is 0.848. The number of nitrogens with zero attached hydrogens (tertiary/aromatic N) is 3.